The van der Waals surface area contributed by atoms with Crippen LogP contribution in [0.2, 0.25) is 0 Å². The second-order valence-electron chi connectivity index (χ2n) is 7.08. The normalized spacial score (nSPS) is 23.1. The molecule has 3 unspecified atom stereocenters. The number of nitrogens with zero attached hydrogens (tertiary/aromatic N) is 4. The molecule has 2 aromatic rings. The second-order valence-corrected chi connectivity index (χ2v) is 7.08. The van der Waals surface area contributed by atoms with E-state index in [2.05, 4.69) is 38.8 Å². The molecule has 3 atom stereocenters. The highest BCUT2D eigenvalue weighted by Crippen LogP contribution is 2.37. The molecule has 0 aliphatic carbocycles. The van der Waals surface area contributed by atoms with Gasteiger partial charge in [0.1, 0.15) is 12.1 Å². The molecule has 3 saturated heterocycles. The molecule has 130 valence electrons. The van der Waals surface area contributed by atoms with E-state index in [0.717, 1.165) is 43.0 Å². The first-order chi connectivity index (χ1) is 12.2. The monoisotopic (exact) mass is 336 g/mol. The Morgan fingerprint density at radius 1 is 1.20 bits per heavy atom. The number of hydrogen-bond acceptors (Lipinski definition) is 4. The van der Waals surface area contributed by atoms with Crippen LogP contribution in [0.4, 0.5) is 5.82 Å². The van der Waals surface area contributed by atoms with Crippen molar-refractivity contribution in [3.8, 4) is 0 Å². The minimum Gasteiger partial charge on any atom is -0.352 e. The first-order valence-corrected chi connectivity index (χ1v) is 9.08. The summed E-state index contributed by atoms with van der Waals surface area (Å²) in [6.45, 7) is 5.81. The van der Waals surface area contributed by atoms with Gasteiger partial charge in [0.2, 0.25) is 5.91 Å². The van der Waals surface area contributed by atoms with Gasteiger partial charge in [0.25, 0.3) is 0 Å². The average molecular weight is 336 g/mol. The molecule has 1 aromatic carbocycles. The number of hydrogen-bond donors (Lipinski definition) is 0. The van der Waals surface area contributed by atoms with Gasteiger partial charge in [-0.1, -0.05) is 37.3 Å². The van der Waals surface area contributed by atoms with Crippen molar-refractivity contribution >= 4 is 11.7 Å². The number of benzene rings is 1. The van der Waals surface area contributed by atoms with Crippen molar-refractivity contribution in [2.24, 2.45) is 0 Å². The lowest BCUT2D eigenvalue weighted by Crippen LogP contribution is -2.71. The lowest BCUT2D eigenvalue weighted by atomic mass is 9.84. The van der Waals surface area contributed by atoms with Crippen LogP contribution in [0.5, 0.6) is 0 Å². The van der Waals surface area contributed by atoms with Crippen LogP contribution in [0, 0.1) is 6.92 Å². The average Bonchev–Trinajstić information content (AvgIpc) is 2.63. The third-order valence-electron chi connectivity index (χ3n) is 5.47. The number of piperidine rings is 1. The van der Waals surface area contributed by atoms with E-state index >= 15 is 0 Å². The Hall–Kier alpha value is -2.43. The molecule has 5 nitrogen and oxygen atoms in total. The Kier molecular flexibility index (Phi) is 4.15. The molecule has 5 heteroatoms. The fourth-order valence-corrected chi connectivity index (χ4v) is 4.19. The van der Waals surface area contributed by atoms with Crippen molar-refractivity contribution in [3.05, 3.63) is 54.0 Å². The summed E-state index contributed by atoms with van der Waals surface area (Å²) >= 11 is 0. The number of aromatic nitrogens is 2. The predicted molar refractivity (Wildman–Crippen MR) is 97.5 cm³/mol. The van der Waals surface area contributed by atoms with Crippen molar-refractivity contribution < 1.29 is 4.79 Å². The lowest BCUT2D eigenvalue weighted by Gasteiger charge is -2.57. The molecule has 2 bridgehead atoms. The van der Waals surface area contributed by atoms with E-state index in [9.17, 15) is 4.79 Å². The first kappa shape index (κ1) is 16.1. The van der Waals surface area contributed by atoms with Gasteiger partial charge in [0.05, 0.1) is 18.0 Å². The maximum Gasteiger partial charge on any atom is 0.230 e. The summed E-state index contributed by atoms with van der Waals surface area (Å²) < 4.78 is 0. The molecule has 3 fully saturated rings. The van der Waals surface area contributed by atoms with Crippen LogP contribution < -0.4 is 4.90 Å². The summed E-state index contributed by atoms with van der Waals surface area (Å²) in [4.78, 5) is 26.1. The third kappa shape index (κ3) is 2.88. The van der Waals surface area contributed by atoms with Gasteiger partial charge in [0, 0.05) is 24.8 Å². The zero-order chi connectivity index (χ0) is 17.4. The quantitative estimate of drug-likeness (QED) is 0.861. The number of fused-ring (bicyclic) bond motifs is 2. The second kappa shape index (κ2) is 6.47. The molecule has 1 amide bonds. The standard InChI is InChI=1S/C20H24N4O/c1-3-18(15-7-5-4-6-8-15)20(25)24-16-10-17(24)12-23(11-16)19-9-14(2)21-13-22-19/h4-9,13,16-18H,3,10-12H2,1-2H3. The van der Waals surface area contributed by atoms with Gasteiger partial charge in [-0.3, -0.25) is 4.79 Å². The number of aryl methyl sites for hydroxylation is 1. The van der Waals surface area contributed by atoms with Crippen LogP contribution in [-0.2, 0) is 4.79 Å². The molecule has 0 N–H and O–H groups in total. The molecule has 0 saturated carbocycles. The molecular weight excluding hydrogens is 312 g/mol. The Labute approximate surface area is 148 Å². The summed E-state index contributed by atoms with van der Waals surface area (Å²) in [5.41, 5.74) is 2.11. The van der Waals surface area contributed by atoms with E-state index in [0.29, 0.717) is 12.1 Å². The highest BCUT2D eigenvalue weighted by atomic mass is 16.2. The molecular formula is C20H24N4O. The molecule has 0 radical (unpaired) electrons. The maximum absolute atomic E-state index is 13.1. The minimum atomic E-state index is -0.0284. The molecule has 5 rings (SSSR count). The molecule has 0 spiro atoms. The summed E-state index contributed by atoms with van der Waals surface area (Å²) in [6, 6.07) is 12.8. The Bertz CT molecular complexity index is 751. The van der Waals surface area contributed by atoms with Crippen molar-refractivity contribution in [1.82, 2.24) is 14.9 Å². The summed E-state index contributed by atoms with van der Waals surface area (Å²) in [5, 5.41) is 0. The fraction of sp³-hybridized carbons (Fsp3) is 0.450. The third-order valence-corrected chi connectivity index (χ3v) is 5.47. The smallest absolute Gasteiger partial charge is 0.230 e. The van der Waals surface area contributed by atoms with Crippen LogP contribution in [0.3, 0.4) is 0 Å². The molecule has 4 heterocycles. The van der Waals surface area contributed by atoms with Gasteiger partial charge >= 0.3 is 0 Å². The van der Waals surface area contributed by atoms with Crippen LogP contribution in [0.25, 0.3) is 0 Å². The van der Waals surface area contributed by atoms with Crippen molar-refractivity contribution in [2.75, 3.05) is 18.0 Å². The zero-order valence-electron chi connectivity index (χ0n) is 14.8. The fourth-order valence-electron chi connectivity index (χ4n) is 4.19. The van der Waals surface area contributed by atoms with Crippen LogP contribution >= 0.6 is 0 Å². The Morgan fingerprint density at radius 3 is 2.56 bits per heavy atom. The number of carbonyl (C=O) groups excluding carboxylic acids is 1. The highest BCUT2D eigenvalue weighted by molar-refractivity contribution is 5.85. The van der Waals surface area contributed by atoms with E-state index in [4.69, 9.17) is 0 Å². The Balaban J connectivity index is 1.48. The Morgan fingerprint density at radius 2 is 1.92 bits per heavy atom. The number of amides is 1. The predicted octanol–water partition coefficient (Wildman–Crippen LogP) is 2.77. The van der Waals surface area contributed by atoms with Crippen molar-refractivity contribution in [3.63, 3.8) is 0 Å². The van der Waals surface area contributed by atoms with E-state index in [-0.39, 0.29) is 11.8 Å². The van der Waals surface area contributed by atoms with E-state index in [1.807, 2.05) is 31.2 Å². The van der Waals surface area contributed by atoms with E-state index in [1.54, 1.807) is 6.33 Å². The van der Waals surface area contributed by atoms with Crippen molar-refractivity contribution in [1.29, 1.82) is 0 Å². The minimum absolute atomic E-state index is 0.0284. The highest BCUT2D eigenvalue weighted by Gasteiger charge is 2.48. The molecule has 3 aliphatic rings. The lowest BCUT2D eigenvalue weighted by molar-refractivity contribution is -0.148. The summed E-state index contributed by atoms with van der Waals surface area (Å²) in [5.74, 6) is 1.23. The van der Waals surface area contributed by atoms with E-state index < -0.39 is 0 Å². The van der Waals surface area contributed by atoms with Gasteiger partial charge in [-0.25, -0.2) is 9.97 Å². The number of piperazine rings is 1. The summed E-state index contributed by atoms with van der Waals surface area (Å²) in [6.07, 6.45) is 3.57. The van der Waals surface area contributed by atoms with Gasteiger partial charge in [-0.2, -0.15) is 0 Å². The van der Waals surface area contributed by atoms with Crippen LogP contribution in [-0.4, -0.2) is 45.9 Å². The van der Waals surface area contributed by atoms with Crippen LogP contribution in [0.1, 0.15) is 36.9 Å². The molecule has 25 heavy (non-hydrogen) atoms. The molecule has 1 aromatic heterocycles. The van der Waals surface area contributed by atoms with Gasteiger partial charge in [0.15, 0.2) is 0 Å². The topological polar surface area (TPSA) is 49.3 Å². The number of carbonyl (C=O) groups is 1. The van der Waals surface area contributed by atoms with E-state index in [1.165, 1.54) is 0 Å². The van der Waals surface area contributed by atoms with Crippen molar-refractivity contribution in [2.45, 2.75) is 44.7 Å². The van der Waals surface area contributed by atoms with Gasteiger partial charge < -0.3 is 9.80 Å². The first-order valence-electron chi connectivity index (χ1n) is 9.08. The number of rotatable bonds is 4. The van der Waals surface area contributed by atoms with Gasteiger partial charge in [-0.05, 0) is 25.3 Å². The summed E-state index contributed by atoms with van der Waals surface area (Å²) in [7, 11) is 0. The SMILES string of the molecule is CCC(C(=O)N1C2CC1CN(c1cc(C)ncn1)C2)c1ccccc1. The number of anilines is 1. The molecule has 3 aliphatic heterocycles. The zero-order valence-corrected chi connectivity index (χ0v) is 14.8. The maximum atomic E-state index is 13.1. The largest absolute Gasteiger partial charge is 0.352 e. The van der Waals surface area contributed by atoms with Gasteiger partial charge in [-0.15, -0.1) is 0 Å². The van der Waals surface area contributed by atoms with Crippen LogP contribution in [0.15, 0.2) is 42.7 Å².